The Morgan fingerprint density at radius 3 is 1.25 bits per heavy atom. The minimum Gasteiger partial charge on any atom is -0.419 e. The van der Waals surface area contributed by atoms with Crippen LogP contribution >= 0.6 is 0 Å². The zero-order valence-corrected chi connectivity index (χ0v) is 10.7. The Morgan fingerprint density at radius 2 is 1.00 bits per heavy atom. The van der Waals surface area contributed by atoms with E-state index in [2.05, 4.69) is 9.97 Å². The molecule has 0 amide bonds. The molecule has 0 saturated carbocycles. The molecule has 2 rings (SSSR count). The van der Waals surface area contributed by atoms with Crippen molar-refractivity contribution in [1.82, 2.24) is 9.97 Å². The molecule has 88 valence electrons. The largest absolute Gasteiger partial charge is 0.419 e. The van der Waals surface area contributed by atoms with Crippen LogP contribution in [0.1, 0.15) is 53.3 Å². The van der Waals surface area contributed by atoms with Gasteiger partial charge in [-0.3, -0.25) is 0 Å². The number of hydrogen-bond donors (Lipinski definition) is 0. The van der Waals surface area contributed by atoms with Gasteiger partial charge >= 0.3 is 0 Å². The van der Waals surface area contributed by atoms with Crippen molar-refractivity contribution < 1.29 is 8.83 Å². The Kier molecular flexibility index (Phi) is 2.16. The fourth-order valence-corrected chi connectivity index (χ4v) is 1.28. The highest BCUT2D eigenvalue weighted by molar-refractivity contribution is 5.60. The lowest BCUT2D eigenvalue weighted by Crippen LogP contribution is -2.12. The second-order valence-corrected chi connectivity index (χ2v) is 6.15. The summed E-state index contributed by atoms with van der Waals surface area (Å²) in [6, 6.07) is 0. The summed E-state index contributed by atoms with van der Waals surface area (Å²) in [6.07, 6.45) is 0. The van der Waals surface area contributed by atoms with E-state index in [1.807, 2.05) is 41.5 Å². The van der Waals surface area contributed by atoms with Crippen molar-refractivity contribution in [3.63, 3.8) is 0 Å². The lowest BCUT2D eigenvalue weighted by Gasteiger charge is -2.13. The van der Waals surface area contributed by atoms with E-state index in [0.29, 0.717) is 23.2 Å². The summed E-state index contributed by atoms with van der Waals surface area (Å²) in [5.74, 6) is 1.32. The van der Waals surface area contributed by atoms with Crippen molar-refractivity contribution in [2.45, 2.75) is 52.4 Å². The van der Waals surface area contributed by atoms with Crippen LogP contribution in [0.2, 0.25) is 0 Å². The maximum Gasteiger partial charge on any atom is 0.288 e. The minimum absolute atomic E-state index is 0.120. The molecule has 0 N–H and O–H groups in total. The van der Waals surface area contributed by atoms with Gasteiger partial charge in [-0.05, 0) is 0 Å². The highest BCUT2D eigenvalue weighted by Gasteiger charge is 2.27. The van der Waals surface area contributed by atoms with Crippen LogP contribution in [0.5, 0.6) is 0 Å². The fourth-order valence-electron chi connectivity index (χ4n) is 1.28. The van der Waals surface area contributed by atoms with E-state index in [-0.39, 0.29) is 10.8 Å². The number of hydrogen-bond acceptors (Lipinski definition) is 4. The predicted octanol–water partition coefficient (Wildman–Crippen LogP) is 3.41. The molecule has 0 aromatic carbocycles. The highest BCUT2D eigenvalue weighted by atomic mass is 16.4. The standard InChI is InChI=1S/C12H18N2O2/c1-11(2,3)9-13-7-8(15-9)14-10(16-7)12(4,5)6/h1-6H3. The van der Waals surface area contributed by atoms with Gasteiger partial charge in [0.25, 0.3) is 11.4 Å². The van der Waals surface area contributed by atoms with Crippen LogP contribution in [-0.2, 0) is 10.8 Å². The smallest absolute Gasteiger partial charge is 0.288 e. The summed E-state index contributed by atoms with van der Waals surface area (Å²) >= 11 is 0. The molecular weight excluding hydrogens is 204 g/mol. The van der Waals surface area contributed by atoms with E-state index in [4.69, 9.17) is 8.83 Å². The molecule has 2 aromatic heterocycles. The van der Waals surface area contributed by atoms with Crippen molar-refractivity contribution >= 4 is 11.4 Å². The van der Waals surface area contributed by atoms with E-state index < -0.39 is 0 Å². The van der Waals surface area contributed by atoms with Crippen LogP contribution in [0.3, 0.4) is 0 Å². The topological polar surface area (TPSA) is 52.1 Å². The van der Waals surface area contributed by atoms with Gasteiger partial charge in [0.05, 0.1) is 0 Å². The molecule has 0 radical (unpaired) electrons. The Hall–Kier alpha value is -1.32. The molecule has 0 aliphatic heterocycles. The zero-order chi connectivity index (χ0) is 12.1. The van der Waals surface area contributed by atoms with Crippen molar-refractivity contribution in [2.24, 2.45) is 0 Å². The second kappa shape index (κ2) is 3.09. The second-order valence-electron chi connectivity index (χ2n) is 6.15. The molecule has 0 spiro atoms. The van der Waals surface area contributed by atoms with E-state index in [0.717, 1.165) is 0 Å². The van der Waals surface area contributed by atoms with Gasteiger partial charge in [-0.15, -0.1) is 0 Å². The molecule has 2 heterocycles. The van der Waals surface area contributed by atoms with E-state index >= 15 is 0 Å². The number of aromatic nitrogens is 2. The van der Waals surface area contributed by atoms with Crippen LogP contribution in [-0.4, -0.2) is 9.97 Å². The quantitative estimate of drug-likeness (QED) is 0.685. The van der Waals surface area contributed by atoms with Gasteiger partial charge in [0.15, 0.2) is 0 Å². The molecule has 4 nitrogen and oxygen atoms in total. The van der Waals surface area contributed by atoms with Crippen molar-refractivity contribution in [3.8, 4) is 0 Å². The fraction of sp³-hybridized carbons (Fsp3) is 0.667. The van der Waals surface area contributed by atoms with Crippen molar-refractivity contribution in [3.05, 3.63) is 11.8 Å². The molecule has 2 aromatic rings. The number of oxazole rings is 2. The van der Waals surface area contributed by atoms with Gasteiger partial charge in [-0.25, -0.2) is 0 Å². The van der Waals surface area contributed by atoms with E-state index in [9.17, 15) is 0 Å². The highest BCUT2D eigenvalue weighted by Crippen LogP contribution is 2.29. The first-order valence-electron chi connectivity index (χ1n) is 5.46. The molecule has 0 atom stereocenters. The Bertz CT molecular complexity index is 434. The summed E-state index contributed by atoms with van der Waals surface area (Å²) in [7, 11) is 0. The average molecular weight is 222 g/mol. The predicted molar refractivity (Wildman–Crippen MR) is 61.5 cm³/mol. The van der Waals surface area contributed by atoms with E-state index in [1.54, 1.807) is 0 Å². The summed E-state index contributed by atoms with van der Waals surface area (Å²) < 4.78 is 11.2. The first-order valence-corrected chi connectivity index (χ1v) is 5.46. The van der Waals surface area contributed by atoms with Gasteiger partial charge in [0, 0.05) is 10.8 Å². The molecular formula is C12H18N2O2. The maximum atomic E-state index is 5.59. The third-order valence-electron chi connectivity index (χ3n) is 2.26. The Labute approximate surface area is 95.1 Å². The molecule has 0 aliphatic carbocycles. The summed E-state index contributed by atoms with van der Waals surface area (Å²) in [5, 5.41) is 0. The summed E-state index contributed by atoms with van der Waals surface area (Å²) in [6.45, 7) is 12.3. The van der Waals surface area contributed by atoms with Crippen LogP contribution in [0.25, 0.3) is 11.4 Å². The van der Waals surface area contributed by atoms with Crippen LogP contribution in [0.15, 0.2) is 8.83 Å². The molecule has 16 heavy (non-hydrogen) atoms. The van der Waals surface area contributed by atoms with Gasteiger partial charge in [-0.1, -0.05) is 41.5 Å². The molecule has 0 saturated heterocycles. The van der Waals surface area contributed by atoms with Gasteiger partial charge in [0.2, 0.25) is 11.8 Å². The molecule has 4 heteroatoms. The van der Waals surface area contributed by atoms with Crippen LogP contribution in [0.4, 0.5) is 0 Å². The first-order chi connectivity index (χ1) is 7.18. The van der Waals surface area contributed by atoms with Crippen LogP contribution < -0.4 is 0 Å². The third-order valence-corrected chi connectivity index (χ3v) is 2.26. The first kappa shape index (κ1) is 11.2. The van der Waals surface area contributed by atoms with Crippen LogP contribution in [0, 0.1) is 0 Å². The SMILES string of the molecule is CC(C)(C)c1nc2oc(C(C)(C)C)nc2o1. The maximum absolute atomic E-state index is 5.59. The molecule has 0 unspecified atom stereocenters. The lowest BCUT2D eigenvalue weighted by atomic mass is 9.97. The number of nitrogens with zero attached hydrogens (tertiary/aromatic N) is 2. The van der Waals surface area contributed by atoms with Gasteiger partial charge in [-0.2, -0.15) is 9.97 Å². The minimum atomic E-state index is -0.120. The van der Waals surface area contributed by atoms with Crippen molar-refractivity contribution in [1.29, 1.82) is 0 Å². The molecule has 0 bridgehead atoms. The summed E-state index contributed by atoms with van der Waals surface area (Å²) in [4.78, 5) is 8.64. The Morgan fingerprint density at radius 1 is 0.688 bits per heavy atom. The van der Waals surface area contributed by atoms with Gasteiger partial charge in [0.1, 0.15) is 0 Å². The normalized spacial score (nSPS) is 13.6. The van der Waals surface area contributed by atoms with Gasteiger partial charge < -0.3 is 8.83 Å². The van der Waals surface area contributed by atoms with Crippen molar-refractivity contribution in [2.75, 3.05) is 0 Å². The summed E-state index contributed by atoms with van der Waals surface area (Å²) in [5.41, 5.74) is 0.751. The number of rotatable bonds is 0. The lowest BCUT2D eigenvalue weighted by molar-refractivity contribution is 0.386. The molecule has 0 aliphatic rings. The third kappa shape index (κ3) is 1.84. The monoisotopic (exact) mass is 222 g/mol. The average Bonchev–Trinajstić information content (AvgIpc) is 2.53. The number of fused-ring (bicyclic) bond motifs is 1. The van der Waals surface area contributed by atoms with E-state index in [1.165, 1.54) is 0 Å². The Balaban J connectivity index is 2.49. The molecule has 0 fully saturated rings. The zero-order valence-electron chi connectivity index (χ0n) is 10.7.